The van der Waals surface area contributed by atoms with Crippen molar-refractivity contribution >= 4 is 33.2 Å². The number of nitrogens with zero attached hydrogens (tertiary/aromatic N) is 3. The van der Waals surface area contributed by atoms with Gasteiger partial charge in [-0.1, -0.05) is 18.2 Å². The lowest BCUT2D eigenvalue weighted by Gasteiger charge is -2.17. The van der Waals surface area contributed by atoms with Gasteiger partial charge in [0.05, 0.1) is 28.8 Å². The number of rotatable bonds is 4. The lowest BCUT2D eigenvalue weighted by Crippen LogP contribution is -2.29. The van der Waals surface area contributed by atoms with Crippen molar-refractivity contribution < 1.29 is 22.4 Å². The van der Waals surface area contributed by atoms with E-state index in [1.165, 1.54) is 33.8 Å². The van der Waals surface area contributed by atoms with E-state index >= 15 is 0 Å². The monoisotopic (exact) mass is 454 g/mol. The van der Waals surface area contributed by atoms with Crippen LogP contribution in [0.4, 0.5) is 15.9 Å². The highest BCUT2D eigenvalue weighted by atomic mass is 32.2. The second-order valence-corrected chi connectivity index (χ2v) is 9.99. The lowest BCUT2D eigenvalue weighted by molar-refractivity contribution is -0.122. The number of hydrogen-bond acceptors (Lipinski definition) is 5. The van der Waals surface area contributed by atoms with Gasteiger partial charge < -0.3 is 10.2 Å². The van der Waals surface area contributed by atoms with Gasteiger partial charge in [0, 0.05) is 24.2 Å². The molecule has 5 rings (SSSR count). The standard InChI is InChI=1S/C22H19FN4O4S/c23-15-6-8-16(9-7-15)26-11-14(10-20(26)28)22(29)24-21-18-12-32(30,31)13-19(18)25-27(21)17-4-2-1-3-5-17/h1-9,14H,10-13H2,(H,24,29)/t14-/m0/s1. The predicted molar refractivity (Wildman–Crippen MR) is 115 cm³/mol. The first-order valence-electron chi connectivity index (χ1n) is 10.0. The summed E-state index contributed by atoms with van der Waals surface area (Å²) >= 11 is 0. The van der Waals surface area contributed by atoms with Crippen LogP contribution in [0.1, 0.15) is 17.7 Å². The molecule has 1 aromatic heterocycles. The summed E-state index contributed by atoms with van der Waals surface area (Å²) < 4.78 is 39.0. The molecule has 1 atom stereocenters. The zero-order valence-electron chi connectivity index (χ0n) is 16.9. The normalized spacial score (nSPS) is 19.2. The fourth-order valence-corrected chi connectivity index (χ4v) is 5.59. The maximum absolute atomic E-state index is 13.2. The molecule has 3 heterocycles. The molecule has 1 fully saturated rings. The van der Waals surface area contributed by atoms with E-state index in [4.69, 9.17) is 0 Å². The predicted octanol–water partition coefficient (Wildman–Crippen LogP) is 2.43. The molecule has 2 aliphatic rings. The van der Waals surface area contributed by atoms with Crippen LogP contribution in [0.5, 0.6) is 0 Å². The Balaban J connectivity index is 1.42. The largest absolute Gasteiger partial charge is 0.312 e. The third kappa shape index (κ3) is 3.66. The topological polar surface area (TPSA) is 101 Å². The molecule has 0 bridgehead atoms. The van der Waals surface area contributed by atoms with Crippen LogP contribution >= 0.6 is 0 Å². The smallest absolute Gasteiger partial charge is 0.230 e. The van der Waals surface area contributed by atoms with E-state index in [0.29, 0.717) is 28.5 Å². The Hall–Kier alpha value is -3.53. The second-order valence-electron chi connectivity index (χ2n) is 7.92. The summed E-state index contributed by atoms with van der Waals surface area (Å²) in [6.45, 7) is 0.149. The number of aromatic nitrogens is 2. The minimum atomic E-state index is -3.32. The van der Waals surface area contributed by atoms with Crippen molar-refractivity contribution in [1.82, 2.24) is 9.78 Å². The van der Waals surface area contributed by atoms with E-state index in [-0.39, 0.29) is 30.4 Å². The molecular weight excluding hydrogens is 435 g/mol. The molecular formula is C22H19FN4O4S. The van der Waals surface area contributed by atoms with Crippen LogP contribution in [0.25, 0.3) is 5.69 Å². The van der Waals surface area contributed by atoms with E-state index in [1.807, 2.05) is 30.3 Å². The van der Waals surface area contributed by atoms with Crippen LogP contribution in [0, 0.1) is 11.7 Å². The number of carbonyl (C=O) groups excluding carboxylic acids is 2. The Kier molecular flexibility index (Phi) is 4.81. The number of hydrogen-bond donors (Lipinski definition) is 1. The van der Waals surface area contributed by atoms with Gasteiger partial charge in [0.1, 0.15) is 11.6 Å². The molecule has 0 radical (unpaired) electrons. The first-order valence-corrected chi connectivity index (χ1v) is 11.9. The van der Waals surface area contributed by atoms with Crippen LogP contribution in [0.15, 0.2) is 54.6 Å². The van der Waals surface area contributed by atoms with Gasteiger partial charge in [-0.3, -0.25) is 9.59 Å². The molecule has 0 spiro atoms. The molecule has 0 aliphatic carbocycles. The van der Waals surface area contributed by atoms with Crippen LogP contribution in [0.3, 0.4) is 0 Å². The molecule has 2 aromatic carbocycles. The average molecular weight is 454 g/mol. The van der Waals surface area contributed by atoms with Crippen LogP contribution in [-0.4, -0.2) is 36.6 Å². The van der Waals surface area contributed by atoms with E-state index < -0.39 is 27.5 Å². The minimum absolute atomic E-state index is 0.00315. The van der Waals surface area contributed by atoms with Crippen molar-refractivity contribution in [2.45, 2.75) is 17.9 Å². The molecule has 32 heavy (non-hydrogen) atoms. The summed E-state index contributed by atoms with van der Waals surface area (Å²) in [4.78, 5) is 27.0. The van der Waals surface area contributed by atoms with Gasteiger partial charge in [-0.2, -0.15) is 5.10 Å². The highest BCUT2D eigenvalue weighted by Crippen LogP contribution is 2.34. The summed E-state index contributed by atoms with van der Waals surface area (Å²) in [7, 11) is -3.32. The van der Waals surface area contributed by atoms with Gasteiger partial charge in [-0.15, -0.1) is 0 Å². The maximum Gasteiger partial charge on any atom is 0.230 e. The molecule has 3 aromatic rings. The molecule has 8 nitrogen and oxygen atoms in total. The van der Waals surface area contributed by atoms with Crippen molar-refractivity contribution in [2.75, 3.05) is 16.8 Å². The van der Waals surface area contributed by atoms with Gasteiger partial charge in [0.15, 0.2) is 9.84 Å². The fraction of sp³-hybridized carbons (Fsp3) is 0.227. The molecule has 2 aliphatic heterocycles. The van der Waals surface area contributed by atoms with Gasteiger partial charge in [0.2, 0.25) is 11.8 Å². The zero-order valence-corrected chi connectivity index (χ0v) is 17.7. The van der Waals surface area contributed by atoms with Crippen molar-refractivity contribution in [1.29, 1.82) is 0 Å². The first-order chi connectivity index (χ1) is 15.3. The maximum atomic E-state index is 13.2. The molecule has 0 saturated carbocycles. The van der Waals surface area contributed by atoms with Gasteiger partial charge in [-0.25, -0.2) is 17.5 Å². The molecule has 10 heteroatoms. The highest BCUT2D eigenvalue weighted by Gasteiger charge is 2.38. The molecule has 0 unspecified atom stereocenters. The zero-order chi connectivity index (χ0) is 22.5. The summed E-state index contributed by atoms with van der Waals surface area (Å²) in [5.74, 6) is -1.74. The van der Waals surface area contributed by atoms with E-state index in [9.17, 15) is 22.4 Å². The summed E-state index contributed by atoms with van der Waals surface area (Å²) in [6, 6.07) is 14.6. The minimum Gasteiger partial charge on any atom is -0.312 e. The Morgan fingerprint density at radius 1 is 1.03 bits per heavy atom. The number of amides is 2. The summed E-state index contributed by atoms with van der Waals surface area (Å²) in [5.41, 5.74) is 2.10. The van der Waals surface area contributed by atoms with Crippen LogP contribution in [-0.2, 0) is 30.9 Å². The number of para-hydroxylation sites is 1. The SMILES string of the molecule is O=C(Nc1c2c(nn1-c1ccccc1)CS(=O)(=O)C2)[C@H]1CC(=O)N(c2ccc(F)cc2)C1. The number of halogens is 1. The first kappa shape index (κ1) is 20.4. The van der Waals surface area contributed by atoms with Gasteiger partial charge >= 0.3 is 0 Å². The number of anilines is 2. The van der Waals surface area contributed by atoms with E-state index in [2.05, 4.69) is 10.4 Å². The van der Waals surface area contributed by atoms with E-state index in [0.717, 1.165) is 0 Å². The second kappa shape index (κ2) is 7.56. The van der Waals surface area contributed by atoms with Gasteiger partial charge in [0.25, 0.3) is 0 Å². The highest BCUT2D eigenvalue weighted by molar-refractivity contribution is 7.90. The molecule has 164 valence electrons. The third-order valence-corrected chi connectivity index (χ3v) is 7.11. The Morgan fingerprint density at radius 3 is 2.47 bits per heavy atom. The average Bonchev–Trinajstić information content (AvgIpc) is 3.40. The van der Waals surface area contributed by atoms with Gasteiger partial charge in [-0.05, 0) is 36.4 Å². The lowest BCUT2D eigenvalue weighted by atomic mass is 10.1. The molecule has 1 N–H and O–H groups in total. The Bertz CT molecular complexity index is 1320. The number of carbonyl (C=O) groups is 2. The quantitative estimate of drug-likeness (QED) is 0.653. The van der Waals surface area contributed by atoms with Crippen LogP contribution in [0.2, 0.25) is 0 Å². The third-order valence-electron chi connectivity index (χ3n) is 5.66. The van der Waals surface area contributed by atoms with Crippen molar-refractivity contribution in [3.8, 4) is 5.69 Å². The Morgan fingerprint density at radius 2 is 1.75 bits per heavy atom. The number of benzene rings is 2. The summed E-state index contributed by atoms with van der Waals surface area (Å²) in [5, 5.41) is 7.26. The summed E-state index contributed by atoms with van der Waals surface area (Å²) in [6.07, 6.45) is 0.00315. The Labute approximate surface area is 183 Å². The molecule has 1 saturated heterocycles. The van der Waals surface area contributed by atoms with Crippen LogP contribution < -0.4 is 10.2 Å². The number of fused-ring (bicyclic) bond motifs is 1. The number of nitrogens with one attached hydrogen (secondary N) is 1. The van der Waals surface area contributed by atoms with Crippen molar-refractivity contribution in [3.63, 3.8) is 0 Å². The van der Waals surface area contributed by atoms with Crippen molar-refractivity contribution in [2.24, 2.45) is 5.92 Å². The molecule has 2 amide bonds. The van der Waals surface area contributed by atoms with Crippen molar-refractivity contribution in [3.05, 3.63) is 71.7 Å². The fourth-order valence-electron chi connectivity index (χ4n) is 4.10. The number of sulfone groups is 1. The van der Waals surface area contributed by atoms with E-state index in [1.54, 1.807) is 0 Å².